The van der Waals surface area contributed by atoms with Crippen LogP contribution in [-0.2, 0) is 4.79 Å². The van der Waals surface area contributed by atoms with Gasteiger partial charge in [0.1, 0.15) is 11.4 Å². The third-order valence-electron chi connectivity index (χ3n) is 1.68. The Morgan fingerprint density at radius 2 is 2.20 bits per heavy atom. The van der Waals surface area contributed by atoms with E-state index in [2.05, 4.69) is 4.99 Å². The van der Waals surface area contributed by atoms with Gasteiger partial charge in [-0.15, -0.1) is 0 Å². The molecule has 0 amide bonds. The van der Waals surface area contributed by atoms with E-state index in [0.29, 0.717) is 5.84 Å². The largest absolute Gasteiger partial charge is 0.480 e. The summed E-state index contributed by atoms with van der Waals surface area (Å²) >= 11 is 0. The Morgan fingerprint density at radius 1 is 1.67 bits per heavy atom. The minimum atomic E-state index is -1.60. The van der Waals surface area contributed by atoms with E-state index in [9.17, 15) is 9.18 Å². The standard InChI is InChI=1S/C9H16FN3O2/c1-6(11)13-4-3-7(10)5-9(2,12)8(14)15/h3H,4-5,12H2,1-2H3,(H2,11,13)(H,14,15)/b7-3-/t9-/m0/s1. The van der Waals surface area contributed by atoms with Crippen molar-refractivity contribution in [2.75, 3.05) is 6.54 Å². The Hall–Kier alpha value is -1.43. The van der Waals surface area contributed by atoms with Gasteiger partial charge in [0.15, 0.2) is 0 Å². The fraction of sp³-hybridized carbons (Fsp3) is 0.556. The molecule has 0 aromatic heterocycles. The van der Waals surface area contributed by atoms with E-state index >= 15 is 0 Å². The zero-order chi connectivity index (χ0) is 12.1. The molecule has 0 aromatic carbocycles. The predicted molar refractivity (Wildman–Crippen MR) is 56.2 cm³/mol. The van der Waals surface area contributed by atoms with Crippen molar-refractivity contribution in [3.63, 3.8) is 0 Å². The van der Waals surface area contributed by atoms with Gasteiger partial charge in [-0.3, -0.25) is 9.79 Å². The second kappa shape index (κ2) is 5.45. The van der Waals surface area contributed by atoms with Crippen LogP contribution in [0.2, 0.25) is 0 Å². The lowest BCUT2D eigenvalue weighted by Crippen LogP contribution is -2.44. The fourth-order valence-corrected chi connectivity index (χ4v) is 0.787. The lowest BCUT2D eigenvalue weighted by Gasteiger charge is -2.17. The number of carboxylic acid groups (broad SMARTS) is 1. The summed E-state index contributed by atoms with van der Waals surface area (Å²) in [7, 11) is 0. The van der Waals surface area contributed by atoms with Crippen molar-refractivity contribution in [2.45, 2.75) is 25.8 Å². The first kappa shape index (κ1) is 13.6. The summed E-state index contributed by atoms with van der Waals surface area (Å²) in [6, 6.07) is 0. The van der Waals surface area contributed by atoms with Crippen LogP contribution in [0.3, 0.4) is 0 Å². The highest BCUT2D eigenvalue weighted by Gasteiger charge is 2.29. The zero-order valence-electron chi connectivity index (χ0n) is 8.83. The Balaban J connectivity index is 4.30. The predicted octanol–water partition coefficient (Wildman–Crippen LogP) is 0.409. The number of hydrogen-bond acceptors (Lipinski definition) is 3. The highest BCUT2D eigenvalue weighted by atomic mass is 19.1. The maximum Gasteiger partial charge on any atom is 0.323 e. The van der Waals surface area contributed by atoms with Crippen LogP contribution in [0.15, 0.2) is 16.9 Å². The monoisotopic (exact) mass is 217 g/mol. The molecule has 0 aliphatic heterocycles. The molecule has 15 heavy (non-hydrogen) atoms. The normalized spacial score (nSPS) is 17.3. The Bertz CT molecular complexity index is 294. The zero-order valence-corrected chi connectivity index (χ0v) is 8.83. The first-order valence-electron chi connectivity index (χ1n) is 4.39. The first-order valence-corrected chi connectivity index (χ1v) is 4.39. The number of hydrogen-bond donors (Lipinski definition) is 3. The molecule has 0 aliphatic carbocycles. The highest BCUT2D eigenvalue weighted by molar-refractivity contribution is 5.78. The van der Waals surface area contributed by atoms with Crippen molar-refractivity contribution in [1.82, 2.24) is 0 Å². The van der Waals surface area contributed by atoms with Gasteiger partial charge in [0, 0.05) is 6.42 Å². The van der Waals surface area contributed by atoms with E-state index in [4.69, 9.17) is 16.6 Å². The van der Waals surface area contributed by atoms with Crippen molar-refractivity contribution in [3.8, 4) is 0 Å². The van der Waals surface area contributed by atoms with Gasteiger partial charge in [0.2, 0.25) is 0 Å². The van der Waals surface area contributed by atoms with Gasteiger partial charge >= 0.3 is 5.97 Å². The molecule has 0 saturated heterocycles. The third-order valence-corrected chi connectivity index (χ3v) is 1.68. The van der Waals surface area contributed by atoms with Crippen LogP contribution in [0.1, 0.15) is 20.3 Å². The second-order valence-corrected chi connectivity index (χ2v) is 3.53. The van der Waals surface area contributed by atoms with Crippen molar-refractivity contribution in [3.05, 3.63) is 11.9 Å². The molecule has 0 unspecified atom stereocenters. The molecule has 0 radical (unpaired) electrons. The highest BCUT2D eigenvalue weighted by Crippen LogP contribution is 2.14. The van der Waals surface area contributed by atoms with Gasteiger partial charge in [0.05, 0.1) is 12.4 Å². The minimum absolute atomic E-state index is 0.0872. The number of aliphatic imine (C=N–C) groups is 1. The topological polar surface area (TPSA) is 102 Å². The number of amidine groups is 1. The lowest BCUT2D eigenvalue weighted by atomic mass is 9.99. The van der Waals surface area contributed by atoms with Crippen molar-refractivity contribution < 1.29 is 14.3 Å². The van der Waals surface area contributed by atoms with Crippen LogP contribution in [0.5, 0.6) is 0 Å². The van der Waals surface area contributed by atoms with Gasteiger partial charge < -0.3 is 16.6 Å². The van der Waals surface area contributed by atoms with Crippen LogP contribution < -0.4 is 11.5 Å². The van der Waals surface area contributed by atoms with Crippen LogP contribution in [0.4, 0.5) is 4.39 Å². The fourth-order valence-electron chi connectivity index (χ4n) is 0.787. The number of carboxylic acids is 1. The first-order chi connectivity index (χ1) is 6.75. The van der Waals surface area contributed by atoms with Crippen LogP contribution >= 0.6 is 0 Å². The molecule has 5 nitrogen and oxygen atoms in total. The van der Waals surface area contributed by atoms with E-state index < -0.39 is 17.3 Å². The SMILES string of the molecule is CC(N)=NC/C=C(\F)C[C@](C)(N)C(=O)O. The molecule has 1 atom stereocenters. The molecule has 86 valence electrons. The molecule has 0 bridgehead atoms. The van der Waals surface area contributed by atoms with E-state index in [1.165, 1.54) is 6.92 Å². The summed E-state index contributed by atoms with van der Waals surface area (Å²) < 4.78 is 13.1. The Morgan fingerprint density at radius 3 is 2.60 bits per heavy atom. The maximum atomic E-state index is 13.1. The maximum absolute atomic E-state index is 13.1. The van der Waals surface area contributed by atoms with Gasteiger partial charge in [-0.2, -0.15) is 0 Å². The molecule has 0 rings (SSSR count). The molecule has 0 fully saturated rings. The number of aliphatic carboxylic acids is 1. The molecule has 0 aromatic rings. The molecule has 6 heteroatoms. The minimum Gasteiger partial charge on any atom is -0.480 e. The smallest absolute Gasteiger partial charge is 0.323 e. The van der Waals surface area contributed by atoms with E-state index in [1.54, 1.807) is 6.92 Å². The van der Waals surface area contributed by atoms with Crippen molar-refractivity contribution >= 4 is 11.8 Å². The van der Waals surface area contributed by atoms with E-state index in [1.807, 2.05) is 0 Å². The van der Waals surface area contributed by atoms with Crippen LogP contribution in [0, 0.1) is 0 Å². The Kier molecular flexibility index (Phi) is 4.93. The second-order valence-electron chi connectivity index (χ2n) is 3.53. The van der Waals surface area contributed by atoms with E-state index in [-0.39, 0.29) is 13.0 Å². The summed E-state index contributed by atoms with van der Waals surface area (Å²) in [5, 5.41) is 8.64. The summed E-state index contributed by atoms with van der Waals surface area (Å²) in [6.07, 6.45) is 0.798. The summed E-state index contributed by atoms with van der Waals surface area (Å²) in [6.45, 7) is 2.92. The van der Waals surface area contributed by atoms with Crippen LogP contribution in [0.25, 0.3) is 0 Å². The van der Waals surface area contributed by atoms with Gasteiger partial charge in [-0.25, -0.2) is 4.39 Å². The number of carbonyl (C=O) groups is 1. The van der Waals surface area contributed by atoms with Crippen LogP contribution in [-0.4, -0.2) is 29.0 Å². The third kappa shape index (κ3) is 5.79. The summed E-state index contributed by atoms with van der Waals surface area (Å²) in [5.41, 5.74) is 8.99. The molecule has 5 N–H and O–H groups in total. The lowest BCUT2D eigenvalue weighted by molar-refractivity contribution is -0.142. The van der Waals surface area contributed by atoms with Crippen molar-refractivity contribution in [2.24, 2.45) is 16.5 Å². The number of rotatable bonds is 5. The molecule has 0 spiro atoms. The van der Waals surface area contributed by atoms with Gasteiger partial charge in [0.25, 0.3) is 0 Å². The van der Waals surface area contributed by atoms with E-state index in [0.717, 1.165) is 6.08 Å². The summed E-state index contributed by atoms with van der Waals surface area (Å²) in [5.74, 6) is -1.51. The number of halogens is 1. The van der Waals surface area contributed by atoms with Gasteiger partial charge in [-0.05, 0) is 19.9 Å². The Labute approximate surface area is 87.7 Å². The number of nitrogens with zero attached hydrogens (tertiary/aromatic N) is 1. The van der Waals surface area contributed by atoms with Gasteiger partial charge in [-0.1, -0.05) is 0 Å². The molecule has 0 saturated carbocycles. The van der Waals surface area contributed by atoms with Crippen molar-refractivity contribution in [1.29, 1.82) is 0 Å². The number of nitrogens with two attached hydrogens (primary N) is 2. The molecular weight excluding hydrogens is 201 g/mol. The molecule has 0 heterocycles. The molecular formula is C9H16FN3O2. The molecule has 0 aliphatic rings. The summed E-state index contributed by atoms with van der Waals surface area (Å²) in [4.78, 5) is 14.3. The average molecular weight is 217 g/mol. The average Bonchev–Trinajstić information content (AvgIpc) is 2.01. The quantitative estimate of drug-likeness (QED) is 0.458.